The van der Waals surface area contributed by atoms with E-state index in [0.29, 0.717) is 25.6 Å². The van der Waals surface area contributed by atoms with Gasteiger partial charge < -0.3 is 9.64 Å². The van der Waals surface area contributed by atoms with E-state index in [-0.39, 0.29) is 11.2 Å². The summed E-state index contributed by atoms with van der Waals surface area (Å²) in [4.78, 5) is 18.0. The predicted molar refractivity (Wildman–Crippen MR) is 67.3 cm³/mol. The van der Waals surface area contributed by atoms with Gasteiger partial charge in [-0.2, -0.15) is 30.0 Å². The molecule has 0 spiro atoms. The second kappa shape index (κ2) is 5.36. The Morgan fingerprint density at radius 1 is 1.35 bits per heavy atom. The molecule has 0 radical (unpaired) electrons. The SMILES string of the molecule is N#CC1CN(c2nc(Cl)nc(-n3cncn3)n2)CCO1. The Morgan fingerprint density at radius 2 is 2.20 bits per heavy atom. The Labute approximate surface area is 118 Å². The first-order valence-corrected chi connectivity index (χ1v) is 6.17. The second-order valence-corrected chi connectivity index (χ2v) is 4.32. The first-order valence-electron chi connectivity index (χ1n) is 5.79. The van der Waals surface area contributed by atoms with E-state index in [4.69, 9.17) is 21.6 Å². The minimum Gasteiger partial charge on any atom is -0.360 e. The molecule has 3 heterocycles. The molecule has 10 heteroatoms. The quantitative estimate of drug-likeness (QED) is 0.751. The lowest BCUT2D eigenvalue weighted by Crippen LogP contribution is -2.42. The lowest BCUT2D eigenvalue weighted by molar-refractivity contribution is 0.0758. The fourth-order valence-corrected chi connectivity index (χ4v) is 1.95. The molecule has 0 amide bonds. The number of morpholine rings is 1. The number of halogens is 1. The number of nitrogens with zero attached hydrogens (tertiary/aromatic N) is 8. The van der Waals surface area contributed by atoms with Crippen molar-refractivity contribution in [3.63, 3.8) is 0 Å². The maximum atomic E-state index is 8.91. The smallest absolute Gasteiger partial charge is 0.258 e. The molecule has 0 bridgehead atoms. The first-order chi connectivity index (χ1) is 9.76. The van der Waals surface area contributed by atoms with E-state index in [9.17, 15) is 0 Å². The fraction of sp³-hybridized carbons (Fsp3) is 0.400. The molecule has 0 aromatic carbocycles. The largest absolute Gasteiger partial charge is 0.360 e. The monoisotopic (exact) mass is 292 g/mol. The zero-order chi connectivity index (χ0) is 13.9. The summed E-state index contributed by atoms with van der Waals surface area (Å²) in [6.07, 6.45) is 2.33. The Kier molecular flexibility index (Phi) is 3.41. The standard InChI is InChI=1S/C10H9ClN8O/c11-8-15-9(18-1-2-20-7(3-12)4-18)17-10(16-8)19-6-13-5-14-19/h5-7H,1-2,4H2. The van der Waals surface area contributed by atoms with Crippen molar-refractivity contribution >= 4 is 17.5 Å². The maximum Gasteiger partial charge on any atom is 0.258 e. The molecule has 0 N–H and O–H groups in total. The van der Waals surface area contributed by atoms with E-state index in [2.05, 4.69) is 31.1 Å². The second-order valence-electron chi connectivity index (χ2n) is 3.98. The van der Waals surface area contributed by atoms with Crippen molar-refractivity contribution in [1.29, 1.82) is 5.26 Å². The summed E-state index contributed by atoms with van der Waals surface area (Å²) >= 11 is 5.91. The first kappa shape index (κ1) is 12.7. The average Bonchev–Trinajstić information content (AvgIpc) is 3.01. The number of rotatable bonds is 2. The Balaban J connectivity index is 1.92. The minimum absolute atomic E-state index is 0.0560. The van der Waals surface area contributed by atoms with Crippen LogP contribution in [-0.4, -0.2) is 55.5 Å². The minimum atomic E-state index is -0.505. The molecule has 9 nitrogen and oxygen atoms in total. The number of hydrogen-bond acceptors (Lipinski definition) is 8. The van der Waals surface area contributed by atoms with E-state index in [1.54, 1.807) is 0 Å². The molecule has 1 aliphatic rings. The van der Waals surface area contributed by atoms with Crippen LogP contribution in [0.4, 0.5) is 5.95 Å². The number of hydrogen-bond donors (Lipinski definition) is 0. The van der Waals surface area contributed by atoms with E-state index in [0.717, 1.165) is 0 Å². The van der Waals surface area contributed by atoms with Crippen molar-refractivity contribution in [2.75, 3.05) is 24.6 Å². The number of ether oxygens (including phenoxy) is 1. The van der Waals surface area contributed by atoms with Crippen LogP contribution in [0, 0.1) is 11.3 Å². The molecule has 2 aromatic rings. The van der Waals surface area contributed by atoms with Crippen LogP contribution in [0.1, 0.15) is 0 Å². The van der Waals surface area contributed by atoms with Gasteiger partial charge in [0.2, 0.25) is 11.2 Å². The van der Waals surface area contributed by atoms with Gasteiger partial charge in [0.05, 0.1) is 19.2 Å². The number of aromatic nitrogens is 6. The highest BCUT2D eigenvalue weighted by molar-refractivity contribution is 6.28. The van der Waals surface area contributed by atoms with Crippen LogP contribution in [0.25, 0.3) is 5.95 Å². The molecule has 2 aromatic heterocycles. The van der Waals surface area contributed by atoms with E-state index in [1.165, 1.54) is 17.3 Å². The highest BCUT2D eigenvalue weighted by atomic mass is 35.5. The molecule has 3 rings (SSSR count). The molecule has 102 valence electrons. The number of nitriles is 1. The topological polar surface area (TPSA) is 106 Å². The summed E-state index contributed by atoms with van der Waals surface area (Å²) in [5, 5.41) is 12.9. The summed E-state index contributed by atoms with van der Waals surface area (Å²) in [7, 11) is 0. The lowest BCUT2D eigenvalue weighted by atomic mass is 10.3. The van der Waals surface area contributed by atoms with Crippen molar-refractivity contribution in [2.24, 2.45) is 0 Å². The van der Waals surface area contributed by atoms with Gasteiger partial charge in [0, 0.05) is 6.54 Å². The van der Waals surface area contributed by atoms with Crippen LogP contribution in [0.15, 0.2) is 12.7 Å². The van der Waals surface area contributed by atoms with Crippen LogP contribution in [0.3, 0.4) is 0 Å². The summed E-state index contributed by atoms with van der Waals surface area (Å²) in [6, 6.07) is 2.06. The van der Waals surface area contributed by atoms with Gasteiger partial charge in [0.25, 0.3) is 5.95 Å². The van der Waals surface area contributed by atoms with Gasteiger partial charge in [-0.05, 0) is 11.6 Å². The normalized spacial score (nSPS) is 18.8. The molecule has 1 atom stereocenters. The van der Waals surface area contributed by atoms with Gasteiger partial charge in [-0.15, -0.1) is 0 Å². The fourth-order valence-electron chi connectivity index (χ4n) is 1.79. The van der Waals surface area contributed by atoms with E-state index in [1.807, 2.05) is 4.90 Å². The number of anilines is 1. The van der Waals surface area contributed by atoms with Gasteiger partial charge in [-0.25, -0.2) is 4.98 Å². The summed E-state index contributed by atoms with van der Waals surface area (Å²) in [6.45, 7) is 1.39. The summed E-state index contributed by atoms with van der Waals surface area (Å²) in [5.41, 5.74) is 0. The van der Waals surface area contributed by atoms with Gasteiger partial charge in [0.1, 0.15) is 12.7 Å². The molecule has 20 heavy (non-hydrogen) atoms. The maximum absolute atomic E-state index is 8.91. The molecule has 1 aliphatic heterocycles. The lowest BCUT2D eigenvalue weighted by Gasteiger charge is -2.29. The third-order valence-corrected chi connectivity index (χ3v) is 2.87. The highest BCUT2D eigenvalue weighted by Gasteiger charge is 2.23. The van der Waals surface area contributed by atoms with Gasteiger partial charge >= 0.3 is 0 Å². The third-order valence-electron chi connectivity index (χ3n) is 2.70. The highest BCUT2D eigenvalue weighted by Crippen LogP contribution is 2.16. The van der Waals surface area contributed by atoms with E-state index >= 15 is 0 Å². The van der Waals surface area contributed by atoms with Crippen molar-refractivity contribution in [2.45, 2.75) is 6.10 Å². The van der Waals surface area contributed by atoms with Crippen LogP contribution in [-0.2, 0) is 4.74 Å². The van der Waals surface area contributed by atoms with Gasteiger partial charge in [-0.1, -0.05) is 0 Å². The molecular formula is C10H9ClN8O. The van der Waals surface area contributed by atoms with Crippen LogP contribution < -0.4 is 4.90 Å². The van der Waals surface area contributed by atoms with Crippen molar-refractivity contribution in [3.05, 3.63) is 17.9 Å². The molecular weight excluding hydrogens is 284 g/mol. The van der Waals surface area contributed by atoms with E-state index < -0.39 is 6.10 Å². The molecule has 0 saturated carbocycles. The molecule has 1 saturated heterocycles. The molecule has 1 unspecified atom stereocenters. The van der Waals surface area contributed by atoms with Crippen LogP contribution >= 0.6 is 11.6 Å². The zero-order valence-corrected chi connectivity index (χ0v) is 11.0. The zero-order valence-electron chi connectivity index (χ0n) is 10.2. The van der Waals surface area contributed by atoms with Crippen LogP contribution in [0.2, 0.25) is 5.28 Å². The predicted octanol–water partition coefficient (Wildman–Crippen LogP) is -0.166. The summed E-state index contributed by atoms with van der Waals surface area (Å²) in [5.74, 6) is 0.663. The summed E-state index contributed by atoms with van der Waals surface area (Å²) < 4.78 is 6.67. The van der Waals surface area contributed by atoms with Gasteiger partial charge in [-0.3, -0.25) is 0 Å². The Hall–Kier alpha value is -2.31. The third kappa shape index (κ3) is 2.52. The Morgan fingerprint density at radius 3 is 2.95 bits per heavy atom. The van der Waals surface area contributed by atoms with Crippen molar-refractivity contribution < 1.29 is 4.74 Å². The molecule has 0 aliphatic carbocycles. The Bertz CT molecular complexity index is 639. The van der Waals surface area contributed by atoms with Crippen molar-refractivity contribution in [1.82, 2.24) is 29.7 Å². The average molecular weight is 293 g/mol. The molecule has 1 fully saturated rings. The van der Waals surface area contributed by atoms with Crippen molar-refractivity contribution in [3.8, 4) is 12.0 Å². The van der Waals surface area contributed by atoms with Crippen LogP contribution in [0.5, 0.6) is 0 Å². The van der Waals surface area contributed by atoms with Gasteiger partial charge in [0.15, 0.2) is 6.10 Å².